The van der Waals surface area contributed by atoms with Crippen molar-refractivity contribution in [2.24, 2.45) is 0 Å². The summed E-state index contributed by atoms with van der Waals surface area (Å²) in [6.45, 7) is 6.39. The van der Waals surface area contributed by atoms with Crippen LogP contribution in [0.1, 0.15) is 19.4 Å². The van der Waals surface area contributed by atoms with Crippen LogP contribution in [0.25, 0.3) is 0 Å². The molecule has 0 heterocycles. The summed E-state index contributed by atoms with van der Waals surface area (Å²) in [4.78, 5) is 12.0. The van der Waals surface area contributed by atoms with Crippen molar-refractivity contribution < 1.29 is 4.92 Å². The van der Waals surface area contributed by atoms with E-state index in [4.69, 9.17) is 16.7 Å². The number of non-ortho nitro benzene ring substituents is 1. The molecule has 0 saturated heterocycles. The van der Waals surface area contributed by atoms with Crippen LogP contribution in [0.3, 0.4) is 0 Å². The van der Waals surface area contributed by atoms with E-state index in [9.17, 15) is 10.1 Å². The number of nitriles is 1. The third kappa shape index (κ3) is 5.18. The highest BCUT2D eigenvalue weighted by Gasteiger charge is 2.07. The number of nitro groups is 1. The summed E-state index contributed by atoms with van der Waals surface area (Å²) in [6.07, 6.45) is 0. The van der Waals surface area contributed by atoms with Gasteiger partial charge in [0.1, 0.15) is 6.07 Å². The molecule has 0 atom stereocenters. The summed E-state index contributed by atoms with van der Waals surface area (Å²) < 4.78 is 0. The van der Waals surface area contributed by atoms with E-state index in [1.54, 1.807) is 6.07 Å². The lowest BCUT2D eigenvalue weighted by atomic mass is 10.2. The second-order valence-corrected chi connectivity index (χ2v) is 4.90. The molecule has 2 aromatic carbocycles. The highest BCUT2D eigenvalue weighted by atomic mass is 16.6. The van der Waals surface area contributed by atoms with Crippen LogP contribution in [-0.2, 0) is 0 Å². The first-order chi connectivity index (χ1) is 11.4. The number of nitrogens with two attached hydrogens (primary N) is 2. The monoisotopic (exact) mass is 327 g/mol. The molecule has 0 aliphatic heterocycles. The van der Waals surface area contributed by atoms with Crippen LogP contribution in [-0.4, -0.2) is 18.0 Å². The molecule has 7 nitrogen and oxygen atoms in total. The molecule has 0 fully saturated rings. The van der Waals surface area contributed by atoms with Crippen molar-refractivity contribution >= 4 is 22.7 Å². The summed E-state index contributed by atoms with van der Waals surface area (Å²) in [6, 6.07) is 13.5. The maximum absolute atomic E-state index is 10.2. The first-order valence-corrected chi connectivity index (χ1v) is 7.47. The van der Waals surface area contributed by atoms with Crippen LogP contribution in [0.5, 0.6) is 0 Å². The normalized spacial score (nSPS) is 9.38. The Hall–Kier alpha value is -3.27. The van der Waals surface area contributed by atoms with Gasteiger partial charge in [-0.25, -0.2) is 0 Å². The van der Waals surface area contributed by atoms with E-state index in [0.29, 0.717) is 0 Å². The van der Waals surface area contributed by atoms with Crippen molar-refractivity contribution in [2.75, 3.05) is 29.5 Å². The fourth-order valence-corrected chi connectivity index (χ4v) is 2.03. The molecule has 24 heavy (non-hydrogen) atoms. The molecule has 0 saturated carbocycles. The molecule has 0 aliphatic rings. The van der Waals surface area contributed by atoms with Crippen LogP contribution >= 0.6 is 0 Å². The number of rotatable bonds is 4. The molecule has 126 valence electrons. The third-order valence-corrected chi connectivity index (χ3v) is 3.39. The van der Waals surface area contributed by atoms with Gasteiger partial charge in [-0.1, -0.05) is 0 Å². The summed E-state index contributed by atoms with van der Waals surface area (Å²) in [5, 5.41) is 18.7. The fourth-order valence-electron chi connectivity index (χ4n) is 2.03. The van der Waals surface area contributed by atoms with E-state index in [1.165, 1.54) is 17.8 Å². The second-order valence-electron chi connectivity index (χ2n) is 4.90. The molecular weight excluding hydrogens is 306 g/mol. The minimum atomic E-state index is -0.569. The van der Waals surface area contributed by atoms with Gasteiger partial charge in [0, 0.05) is 42.3 Å². The molecule has 0 radical (unpaired) electrons. The molecule has 0 aliphatic carbocycles. The third-order valence-electron chi connectivity index (χ3n) is 3.39. The smallest absolute Gasteiger partial charge is 0.270 e. The quantitative estimate of drug-likeness (QED) is 0.505. The lowest BCUT2D eigenvalue weighted by Gasteiger charge is -2.20. The highest BCUT2D eigenvalue weighted by Crippen LogP contribution is 2.18. The number of benzene rings is 2. The number of nitrogens with zero attached hydrogens (tertiary/aromatic N) is 3. The second kappa shape index (κ2) is 9.00. The summed E-state index contributed by atoms with van der Waals surface area (Å²) in [5.41, 5.74) is 13.3. The Kier molecular flexibility index (Phi) is 7.04. The number of nitro benzene ring substituents is 1. The zero-order valence-electron chi connectivity index (χ0n) is 13.8. The van der Waals surface area contributed by atoms with Gasteiger partial charge in [0.2, 0.25) is 0 Å². The van der Waals surface area contributed by atoms with Gasteiger partial charge in [-0.15, -0.1) is 0 Å². The van der Waals surface area contributed by atoms with Gasteiger partial charge in [0.05, 0.1) is 10.5 Å². The number of hydrogen-bond acceptors (Lipinski definition) is 6. The Bertz CT molecular complexity index is 719. The Morgan fingerprint density at radius 1 is 1.12 bits per heavy atom. The van der Waals surface area contributed by atoms with Crippen LogP contribution in [0.2, 0.25) is 0 Å². The average molecular weight is 327 g/mol. The minimum Gasteiger partial charge on any atom is -0.399 e. The van der Waals surface area contributed by atoms with Crippen molar-refractivity contribution in [1.82, 2.24) is 0 Å². The molecule has 0 unspecified atom stereocenters. The summed E-state index contributed by atoms with van der Waals surface area (Å²) in [5.74, 6) is 0. The van der Waals surface area contributed by atoms with Crippen molar-refractivity contribution in [2.45, 2.75) is 13.8 Å². The SMILES string of the molecule is CCN(CC)c1ccc(N)cc1.N#Cc1cc([N+](=O)[O-])ccc1N. The van der Waals surface area contributed by atoms with Gasteiger partial charge >= 0.3 is 0 Å². The first kappa shape index (κ1) is 18.8. The Labute approximate surface area is 141 Å². The van der Waals surface area contributed by atoms with E-state index >= 15 is 0 Å². The molecule has 0 bridgehead atoms. The highest BCUT2D eigenvalue weighted by molar-refractivity contribution is 5.58. The molecular formula is C17H21N5O2. The standard InChI is InChI=1S/C10H16N2.C7H5N3O2/c1-3-12(4-2)10-7-5-9(11)6-8-10;8-4-5-3-6(10(11)12)1-2-7(5)9/h5-8H,3-4,11H2,1-2H3;1-3H,9H2. The molecule has 2 rings (SSSR count). The van der Waals surface area contributed by atoms with Gasteiger partial charge in [-0.3, -0.25) is 10.1 Å². The first-order valence-electron chi connectivity index (χ1n) is 7.47. The van der Waals surface area contributed by atoms with Gasteiger partial charge in [0.15, 0.2) is 0 Å². The van der Waals surface area contributed by atoms with Gasteiger partial charge in [0.25, 0.3) is 5.69 Å². The van der Waals surface area contributed by atoms with E-state index < -0.39 is 4.92 Å². The van der Waals surface area contributed by atoms with Gasteiger partial charge < -0.3 is 16.4 Å². The maximum atomic E-state index is 10.2. The minimum absolute atomic E-state index is 0.124. The molecule has 7 heteroatoms. The molecule has 4 N–H and O–H groups in total. The molecule has 2 aromatic rings. The zero-order chi connectivity index (χ0) is 18.1. The molecule has 0 spiro atoms. The number of hydrogen-bond donors (Lipinski definition) is 2. The van der Waals surface area contributed by atoms with Crippen molar-refractivity contribution in [3.05, 3.63) is 58.1 Å². The van der Waals surface area contributed by atoms with E-state index in [2.05, 4.69) is 30.9 Å². The van der Waals surface area contributed by atoms with Crippen LogP contribution in [0, 0.1) is 21.4 Å². The van der Waals surface area contributed by atoms with Crippen LogP contribution in [0.4, 0.5) is 22.7 Å². The van der Waals surface area contributed by atoms with E-state index in [0.717, 1.165) is 24.8 Å². The maximum Gasteiger partial charge on any atom is 0.270 e. The fraction of sp³-hybridized carbons (Fsp3) is 0.235. The lowest BCUT2D eigenvalue weighted by molar-refractivity contribution is -0.384. The Balaban J connectivity index is 0.000000240. The zero-order valence-corrected chi connectivity index (χ0v) is 13.8. The molecule has 0 aromatic heterocycles. The number of anilines is 3. The van der Waals surface area contributed by atoms with Crippen molar-refractivity contribution in [3.8, 4) is 6.07 Å². The Morgan fingerprint density at radius 3 is 2.17 bits per heavy atom. The predicted molar refractivity (Wildman–Crippen MR) is 96.6 cm³/mol. The number of nitrogen functional groups attached to an aromatic ring is 2. The summed E-state index contributed by atoms with van der Waals surface area (Å²) >= 11 is 0. The lowest BCUT2D eigenvalue weighted by Crippen LogP contribution is -2.21. The Morgan fingerprint density at radius 2 is 1.71 bits per heavy atom. The summed E-state index contributed by atoms with van der Waals surface area (Å²) in [7, 11) is 0. The predicted octanol–water partition coefficient (Wildman–Crippen LogP) is 3.16. The topological polar surface area (TPSA) is 122 Å². The van der Waals surface area contributed by atoms with Crippen molar-refractivity contribution in [3.63, 3.8) is 0 Å². The van der Waals surface area contributed by atoms with E-state index in [1.807, 2.05) is 12.1 Å². The molecule has 0 amide bonds. The van der Waals surface area contributed by atoms with E-state index in [-0.39, 0.29) is 16.9 Å². The largest absolute Gasteiger partial charge is 0.399 e. The average Bonchev–Trinajstić information content (AvgIpc) is 2.58. The van der Waals surface area contributed by atoms with Gasteiger partial charge in [-0.2, -0.15) is 5.26 Å². The van der Waals surface area contributed by atoms with Crippen molar-refractivity contribution in [1.29, 1.82) is 5.26 Å². The van der Waals surface area contributed by atoms with Crippen LogP contribution < -0.4 is 16.4 Å². The van der Waals surface area contributed by atoms with Crippen LogP contribution in [0.15, 0.2) is 42.5 Å². The van der Waals surface area contributed by atoms with Gasteiger partial charge in [-0.05, 0) is 44.2 Å².